The molecule has 0 bridgehead atoms. The minimum absolute atomic E-state index is 0.128. The molecule has 1 aliphatic heterocycles. The molecule has 32 heavy (non-hydrogen) atoms. The lowest BCUT2D eigenvalue weighted by molar-refractivity contribution is -0.119. The number of amides is 2. The van der Waals surface area contributed by atoms with Gasteiger partial charge in [0.2, 0.25) is 5.91 Å². The smallest absolute Gasteiger partial charge is 0.271 e. The number of carbonyl (C=O) groups is 2. The van der Waals surface area contributed by atoms with Crippen LogP contribution in [-0.4, -0.2) is 33.5 Å². The number of hydrogen-bond acceptors (Lipinski definition) is 5. The number of rotatable bonds is 5. The zero-order valence-corrected chi connectivity index (χ0v) is 17.0. The van der Waals surface area contributed by atoms with Gasteiger partial charge in [0.25, 0.3) is 5.91 Å². The van der Waals surface area contributed by atoms with E-state index in [0.717, 1.165) is 16.6 Å². The average molecular weight is 424 g/mol. The summed E-state index contributed by atoms with van der Waals surface area (Å²) in [6.07, 6.45) is 0.128. The van der Waals surface area contributed by atoms with Crippen LogP contribution in [-0.2, 0) is 9.59 Å². The molecule has 5 rings (SSSR count). The van der Waals surface area contributed by atoms with E-state index < -0.39 is 17.9 Å². The van der Waals surface area contributed by atoms with Crippen LogP contribution in [0.3, 0.4) is 0 Å². The molecule has 0 saturated carbocycles. The second kappa shape index (κ2) is 7.99. The van der Waals surface area contributed by atoms with Crippen LogP contribution in [0.5, 0.6) is 0 Å². The van der Waals surface area contributed by atoms with E-state index in [1.54, 1.807) is 6.07 Å². The number of H-pyrrole nitrogens is 1. The lowest BCUT2D eigenvalue weighted by Gasteiger charge is -2.20. The summed E-state index contributed by atoms with van der Waals surface area (Å²) >= 11 is 0. The summed E-state index contributed by atoms with van der Waals surface area (Å²) in [5, 5.41) is 8.83. The normalized spacial score (nSPS) is 15.6. The van der Waals surface area contributed by atoms with Gasteiger partial charge in [0.15, 0.2) is 0 Å². The Kier molecular flexibility index (Phi) is 4.87. The minimum atomic E-state index is -0.719. The molecular formula is C24H20N6O2. The highest BCUT2D eigenvalue weighted by Gasteiger charge is 2.35. The molecule has 4 aromatic rings. The Bertz CT molecular complexity index is 1310. The maximum Gasteiger partial charge on any atom is 0.271 e. The van der Waals surface area contributed by atoms with E-state index >= 15 is 0 Å². The molecule has 1 aromatic heterocycles. The van der Waals surface area contributed by atoms with Crippen molar-refractivity contribution in [3.05, 3.63) is 78.9 Å². The third kappa shape index (κ3) is 3.58. The van der Waals surface area contributed by atoms with E-state index in [-0.39, 0.29) is 12.1 Å². The van der Waals surface area contributed by atoms with E-state index in [1.165, 1.54) is 5.01 Å². The van der Waals surface area contributed by atoms with Crippen molar-refractivity contribution < 1.29 is 9.59 Å². The molecule has 3 aromatic carbocycles. The molecule has 2 heterocycles. The predicted molar refractivity (Wildman–Crippen MR) is 124 cm³/mol. The van der Waals surface area contributed by atoms with Gasteiger partial charge < -0.3 is 16.0 Å². The number of hydrogen-bond donors (Lipinski definition) is 3. The molecule has 158 valence electrons. The number of para-hydroxylation sites is 4. The Labute approximate surface area is 183 Å². The van der Waals surface area contributed by atoms with Gasteiger partial charge in [-0.2, -0.15) is 5.10 Å². The number of carbonyl (C=O) groups excluding carboxylic acids is 2. The van der Waals surface area contributed by atoms with Crippen molar-refractivity contribution >= 4 is 39.9 Å². The first kappa shape index (κ1) is 19.5. The van der Waals surface area contributed by atoms with Gasteiger partial charge in [0.05, 0.1) is 22.4 Å². The van der Waals surface area contributed by atoms with Gasteiger partial charge in [-0.25, -0.2) is 4.98 Å². The highest BCUT2D eigenvalue weighted by molar-refractivity contribution is 6.44. The number of imidazole rings is 1. The van der Waals surface area contributed by atoms with E-state index in [4.69, 9.17) is 5.73 Å². The van der Waals surface area contributed by atoms with Crippen LogP contribution in [0, 0.1) is 0 Å². The zero-order valence-electron chi connectivity index (χ0n) is 17.0. The molecule has 2 amide bonds. The average Bonchev–Trinajstić information content (AvgIpc) is 3.45. The molecule has 1 aliphatic rings. The monoisotopic (exact) mass is 424 g/mol. The number of nitrogens with one attached hydrogen (secondary N) is 2. The molecule has 8 nitrogen and oxygen atoms in total. The van der Waals surface area contributed by atoms with Crippen LogP contribution < -0.4 is 16.1 Å². The number of fused-ring (bicyclic) bond motifs is 1. The summed E-state index contributed by atoms with van der Waals surface area (Å²) < 4.78 is 0. The topological polar surface area (TPSA) is 116 Å². The summed E-state index contributed by atoms with van der Waals surface area (Å²) in [6, 6.07) is 23.6. The molecule has 1 atom stereocenters. The van der Waals surface area contributed by atoms with E-state index in [0.29, 0.717) is 17.2 Å². The van der Waals surface area contributed by atoms with Crippen molar-refractivity contribution in [3.8, 4) is 11.4 Å². The van der Waals surface area contributed by atoms with Gasteiger partial charge in [0, 0.05) is 12.0 Å². The summed E-state index contributed by atoms with van der Waals surface area (Å²) in [5.41, 5.74) is 9.60. The van der Waals surface area contributed by atoms with Crippen molar-refractivity contribution in [2.75, 3.05) is 10.3 Å². The second-order valence-electron chi connectivity index (χ2n) is 7.45. The number of nitrogens with zero attached hydrogens (tertiary/aromatic N) is 3. The van der Waals surface area contributed by atoms with Crippen LogP contribution in [0.1, 0.15) is 6.42 Å². The fourth-order valence-corrected chi connectivity index (χ4v) is 3.76. The quantitative estimate of drug-likeness (QED) is 0.456. The summed E-state index contributed by atoms with van der Waals surface area (Å²) in [7, 11) is 0. The van der Waals surface area contributed by atoms with E-state index in [2.05, 4.69) is 20.4 Å². The summed E-state index contributed by atoms with van der Waals surface area (Å²) in [6.45, 7) is 0. The van der Waals surface area contributed by atoms with Crippen molar-refractivity contribution in [1.82, 2.24) is 9.97 Å². The van der Waals surface area contributed by atoms with Crippen LogP contribution >= 0.6 is 0 Å². The maximum absolute atomic E-state index is 13.1. The van der Waals surface area contributed by atoms with Gasteiger partial charge in [0.1, 0.15) is 17.6 Å². The van der Waals surface area contributed by atoms with Crippen LogP contribution in [0.15, 0.2) is 84.0 Å². The Morgan fingerprint density at radius 2 is 1.69 bits per heavy atom. The largest absolute Gasteiger partial charge is 0.368 e. The van der Waals surface area contributed by atoms with Gasteiger partial charge >= 0.3 is 0 Å². The fraction of sp³-hybridized carbons (Fsp3) is 0.0833. The minimum Gasteiger partial charge on any atom is -0.368 e. The molecular weight excluding hydrogens is 404 g/mol. The third-order valence-corrected chi connectivity index (χ3v) is 5.34. The van der Waals surface area contributed by atoms with Crippen LogP contribution in [0.2, 0.25) is 0 Å². The van der Waals surface area contributed by atoms with E-state index in [9.17, 15) is 9.59 Å². The number of primary amides is 1. The number of nitrogens with two attached hydrogens (primary N) is 1. The lowest BCUT2D eigenvalue weighted by atomic mass is 10.1. The molecule has 0 spiro atoms. The van der Waals surface area contributed by atoms with Gasteiger partial charge in [-0.3, -0.25) is 14.6 Å². The first-order valence-corrected chi connectivity index (χ1v) is 10.2. The summed E-state index contributed by atoms with van der Waals surface area (Å²) in [4.78, 5) is 33.0. The van der Waals surface area contributed by atoms with Gasteiger partial charge in [-0.1, -0.05) is 42.5 Å². The lowest BCUT2D eigenvalue weighted by Crippen LogP contribution is -2.39. The third-order valence-electron chi connectivity index (χ3n) is 5.34. The highest BCUT2D eigenvalue weighted by Crippen LogP contribution is 2.29. The molecule has 0 aliphatic carbocycles. The van der Waals surface area contributed by atoms with Crippen molar-refractivity contribution in [2.45, 2.75) is 12.5 Å². The molecule has 1 unspecified atom stereocenters. The Morgan fingerprint density at radius 3 is 2.47 bits per heavy atom. The number of hydrazone groups is 1. The van der Waals surface area contributed by atoms with Crippen LogP contribution in [0.4, 0.5) is 11.4 Å². The number of aromatic amines is 1. The standard InChI is InChI=1S/C24H20N6O2/c25-22(31)21-14-20(29-30(21)15-8-2-1-3-9-15)24(32)28-17-11-5-4-10-16(17)23-26-18-12-6-7-13-19(18)27-23/h1-13,21H,14H2,(H2,25,31)(H,26,27)(H,28,32). The van der Waals surface area contributed by atoms with Crippen molar-refractivity contribution in [3.63, 3.8) is 0 Å². The first-order chi connectivity index (χ1) is 15.6. The molecule has 8 heteroatoms. The Morgan fingerprint density at radius 1 is 0.969 bits per heavy atom. The maximum atomic E-state index is 13.1. The highest BCUT2D eigenvalue weighted by atomic mass is 16.2. The molecule has 4 N–H and O–H groups in total. The van der Waals surface area contributed by atoms with E-state index in [1.807, 2.05) is 72.8 Å². The summed E-state index contributed by atoms with van der Waals surface area (Å²) in [5.74, 6) is -0.280. The van der Waals surface area contributed by atoms with Gasteiger partial charge in [-0.15, -0.1) is 0 Å². The number of anilines is 2. The zero-order chi connectivity index (χ0) is 22.1. The fourth-order valence-electron chi connectivity index (χ4n) is 3.76. The van der Waals surface area contributed by atoms with Crippen LogP contribution in [0.25, 0.3) is 22.4 Å². The van der Waals surface area contributed by atoms with Gasteiger partial charge in [-0.05, 0) is 36.4 Å². The van der Waals surface area contributed by atoms with Crippen molar-refractivity contribution in [1.29, 1.82) is 0 Å². The number of aromatic nitrogens is 2. The predicted octanol–water partition coefficient (Wildman–Crippen LogP) is 3.29. The molecule has 0 fully saturated rings. The molecule has 0 saturated heterocycles. The second-order valence-corrected chi connectivity index (χ2v) is 7.45. The van der Waals surface area contributed by atoms with Crippen molar-refractivity contribution in [2.24, 2.45) is 10.8 Å². The SMILES string of the molecule is NC(=O)C1CC(C(=O)Nc2ccccc2-c2nc3ccccc3[nH]2)=NN1c1ccccc1. The Balaban J connectivity index is 1.44. The number of benzene rings is 3. The molecule has 0 radical (unpaired) electrons. The Hall–Kier alpha value is -4.46. The first-order valence-electron chi connectivity index (χ1n) is 10.2.